The van der Waals surface area contributed by atoms with Crippen molar-refractivity contribution >= 4 is 11.6 Å². The van der Waals surface area contributed by atoms with E-state index < -0.39 is 0 Å². The second-order valence-electron chi connectivity index (χ2n) is 7.26. The number of amides is 1. The Bertz CT molecular complexity index is 733. The number of nitrogens with one attached hydrogen (secondary N) is 1. The molecular weight excluding hydrogens is 296 g/mol. The van der Waals surface area contributed by atoms with E-state index in [0.29, 0.717) is 6.54 Å². The van der Waals surface area contributed by atoms with Gasteiger partial charge in [0.1, 0.15) is 5.66 Å². The molecule has 3 nitrogen and oxygen atoms in total. The Morgan fingerprint density at radius 2 is 1.71 bits per heavy atom. The summed E-state index contributed by atoms with van der Waals surface area (Å²) >= 11 is 0. The average Bonchev–Trinajstić information content (AvgIpc) is 2.62. The molecule has 1 aliphatic carbocycles. The van der Waals surface area contributed by atoms with Crippen LogP contribution in [0.1, 0.15) is 48.5 Å². The topological polar surface area (TPSA) is 32.3 Å². The first-order valence-corrected chi connectivity index (χ1v) is 8.91. The highest BCUT2D eigenvalue weighted by Crippen LogP contribution is 2.42. The average molecular weight is 320 g/mol. The van der Waals surface area contributed by atoms with Gasteiger partial charge in [-0.05, 0) is 49.3 Å². The van der Waals surface area contributed by atoms with Crippen molar-refractivity contribution in [1.82, 2.24) is 4.90 Å². The van der Waals surface area contributed by atoms with Gasteiger partial charge in [0.25, 0.3) is 5.91 Å². The number of hydrogen-bond acceptors (Lipinski definition) is 2. The van der Waals surface area contributed by atoms with E-state index in [0.717, 1.165) is 42.9 Å². The zero-order valence-electron chi connectivity index (χ0n) is 14.2. The normalized spacial score (nSPS) is 26.1. The van der Waals surface area contributed by atoms with Gasteiger partial charge in [0.05, 0.1) is 5.56 Å². The fraction of sp³-hybridized carbons (Fsp3) is 0.381. The van der Waals surface area contributed by atoms with Gasteiger partial charge in [0, 0.05) is 12.2 Å². The van der Waals surface area contributed by atoms with Crippen LogP contribution >= 0.6 is 0 Å². The van der Waals surface area contributed by atoms with Crippen molar-refractivity contribution in [2.75, 3.05) is 5.32 Å². The van der Waals surface area contributed by atoms with Gasteiger partial charge in [0.2, 0.25) is 0 Å². The molecule has 2 aromatic rings. The molecule has 2 aromatic carbocycles. The molecule has 0 atom stereocenters. The van der Waals surface area contributed by atoms with E-state index in [-0.39, 0.29) is 11.6 Å². The summed E-state index contributed by atoms with van der Waals surface area (Å²) in [5.41, 5.74) is 2.72. The molecule has 0 unspecified atom stereocenters. The number of anilines is 1. The Labute approximate surface area is 143 Å². The van der Waals surface area contributed by atoms with Crippen LogP contribution in [0.5, 0.6) is 0 Å². The quantitative estimate of drug-likeness (QED) is 0.873. The molecule has 1 amide bonds. The summed E-state index contributed by atoms with van der Waals surface area (Å²) in [5, 5.41) is 3.74. The molecule has 1 heterocycles. The monoisotopic (exact) mass is 320 g/mol. The SMILES string of the molecule is CC1CCC2(CC1)Nc1ccccc1C(=O)N2Cc1ccccc1. The minimum atomic E-state index is -0.242. The van der Waals surface area contributed by atoms with Gasteiger partial charge in [-0.25, -0.2) is 0 Å². The molecule has 2 aliphatic rings. The summed E-state index contributed by atoms with van der Waals surface area (Å²) in [5.74, 6) is 0.894. The number of nitrogens with zero attached hydrogens (tertiary/aromatic N) is 1. The van der Waals surface area contributed by atoms with Gasteiger partial charge < -0.3 is 10.2 Å². The largest absolute Gasteiger partial charge is 0.362 e. The first-order valence-electron chi connectivity index (χ1n) is 8.91. The molecule has 1 saturated carbocycles. The van der Waals surface area contributed by atoms with Crippen LogP contribution in [0.15, 0.2) is 54.6 Å². The molecular formula is C21H24N2O. The van der Waals surface area contributed by atoms with Gasteiger partial charge in [-0.15, -0.1) is 0 Å². The second-order valence-corrected chi connectivity index (χ2v) is 7.26. The minimum Gasteiger partial charge on any atom is -0.362 e. The lowest BCUT2D eigenvalue weighted by atomic mass is 9.79. The number of rotatable bonds is 2. The maximum atomic E-state index is 13.3. The summed E-state index contributed by atoms with van der Waals surface area (Å²) in [7, 11) is 0. The zero-order chi connectivity index (χ0) is 16.6. The predicted molar refractivity (Wildman–Crippen MR) is 96.7 cm³/mol. The maximum absolute atomic E-state index is 13.3. The van der Waals surface area contributed by atoms with E-state index in [1.807, 2.05) is 42.5 Å². The number of fused-ring (bicyclic) bond motifs is 1. The van der Waals surface area contributed by atoms with Gasteiger partial charge in [-0.3, -0.25) is 4.79 Å². The Balaban J connectivity index is 1.73. The number of carbonyl (C=O) groups is 1. The molecule has 4 rings (SSSR count). The maximum Gasteiger partial charge on any atom is 0.258 e. The molecule has 124 valence electrons. The molecule has 1 fully saturated rings. The summed E-state index contributed by atoms with van der Waals surface area (Å²) in [6.45, 7) is 2.97. The lowest BCUT2D eigenvalue weighted by Gasteiger charge is -2.51. The van der Waals surface area contributed by atoms with Crippen molar-refractivity contribution in [1.29, 1.82) is 0 Å². The smallest absolute Gasteiger partial charge is 0.258 e. The van der Waals surface area contributed by atoms with E-state index in [4.69, 9.17) is 0 Å². The second kappa shape index (κ2) is 5.97. The third-order valence-electron chi connectivity index (χ3n) is 5.57. The van der Waals surface area contributed by atoms with Crippen molar-refractivity contribution in [2.24, 2.45) is 5.92 Å². The van der Waals surface area contributed by atoms with Crippen molar-refractivity contribution in [3.05, 3.63) is 65.7 Å². The molecule has 24 heavy (non-hydrogen) atoms. The highest BCUT2D eigenvalue weighted by molar-refractivity contribution is 6.02. The molecule has 1 aliphatic heterocycles. The van der Waals surface area contributed by atoms with Gasteiger partial charge >= 0.3 is 0 Å². The summed E-state index contributed by atoms with van der Waals surface area (Å²) in [6, 6.07) is 18.2. The Morgan fingerprint density at radius 3 is 2.46 bits per heavy atom. The lowest BCUT2D eigenvalue weighted by molar-refractivity contribution is 0.0318. The third kappa shape index (κ3) is 2.58. The standard InChI is InChI=1S/C21H24N2O/c1-16-11-13-21(14-12-16)22-19-10-6-5-9-18(19)20(24)23(21)15-17-7-3-2-4-8-17/h2-10,16,22H,11-15H2,1H3. The molecule has 1 spiro atoms. The van der Waals surface area contributed by atoms with Crippen molar-refractivity contribution in [2.45, 2.75) is 44.8 Å². The predicted octanol–water partition coefficient (Wildman–Crippen LogP) is 4.66. The summed E-state index contributed by atoms with van der Waals surface area (Å²) < 4.78 is 0. The first kappa shape index (κ1) is 15.3. The van der Waals surface area contributed by atoms with E-state index in [2.05, 4.69) is 29.3 Å². The third-order valence-corrected chi connectivity index (χ3v) is 5.57. The first-order chi connectivity index (χ1) is 11.7. The number of carbonyl (C=O) groups excluding carboxylic acids is 1. The van der Waals surface area contributed by atoms with Crippen molar-refractivity contribution in [3.8, 4) is 0 Å². The number of hydrogen-bond donors (Lipinski definition) is 1. The van der Waals surface area contributed by atoms with E-state index in [1.165, 1.54) is 5.56 Å². The van der Waals surface area contributed by atoms with Crippen LogP contribution in [0, 0.1) is 5.92 Å². The Hall–Kier alpha value is -2.29. The Kier molecular flexibility index (Phi) is 3.79. The number of benzene rings is 2. The van der Waals surface area contributed by atoms with E-state index in [1.54, 1.807) is 0 Å². The van der Waals surface area contributed by atoms with Crippen LogP contribution in [-0.2, 0) is 6.54 Å². The van der Waals surface area contributed by atoms with Gasteiger partial charge in [-0.2, -0.15) is 0 Å². The van der Waals surface area contributed by atoms with Crippen LogP contribution in [0.3, 0.4) is 0 Å². The van der Waals surface area contributed by atoms with E-state index in [9.17, 15) is 4.79 Å². The van der Waals surface area contributed by atoms with Gasteiger partial charge in [0.15, 0.2) is 0 Å². The molecule has 0 bridgehead atoms. The van der Waals surface area contributed by atoms with Crippen molar-refractivity contribution in [3.63, 3.8) is 0 Å². The lowest BCUT2D eigenvalue weighted by Crippen LogP contribution is -2.60. The minimum absolute atomic E-state index is 0.155. The zero-order valence-corrected chi connectivity index (χ0v) is 14.2. The van der Waals surface area contributed by atoms with Gasteiger partial charge in [-0.1, -0.05) is 49.4 Å². The molecule has 0 aromatic heterocycles. The summed E-state index contributed by atoms with van der Waals surface area (Å²) in [6.07, 6.45) is 4.35. The fourth-order valence-corrected chi connectivity index (χ4v) is 4.06. The van der Waals surface area contributed by atoms with Crippen LogP contribution in [0.2, 0.25) is 0 Å². The van der Waals surface area contributed by atoms with Crippen LogP contribution < -0.4 is 5.32 Å². The Morgan fingerprint density at radius 1 is 1.04 bits per heavy atom. The molecule has 0 radical (unpaired) electrons. The van der Waals surface area contributed by atoms with Crippen LogP contribution in [-0.4, -0.2) is 16.5 Å². The summed E-state index contributed by atoms with van der Waals surface area (Å²) in [4.78, 5) is 15.3. The van der Waals surface area contributed by atoms with E-state index >= 15 is 0 Å². The van der Waals surface area contributed by atoms with Crippen LogP contribution in [0.25, 0.3) is 0 Å². The molecule has 0 saturated heterocycles. The molecule has 3 heteroatoms. The fourth-order valence-electron chi connectivity index (χ4n) is 4.06. The van der Waals surface area contributed by atoms with Crippen molar-refractivity contribution < 1.29 is 4.79 Å². The molecule has 1 N–H and O–H groups in total. The van der Waals surface area contributed by atoms with Crippen LogP contribution in [0.4, 0.5) is 5.69 Å². The highest BCUT2D eigenvalue weighted by atomic mass is 16.2. The number of para-hydroxylation sites is 1. The highest BCUT2D eigenvalue weighted by Gasteiger charge is 2.45.